The van der Waals surface area contributed by atoms with Crippen molar-refractivity contribution in [2.45, 2.75) is 65.4 Å². The highest BCUT2D eigenvalue weighted by Gasteiger charge is 2.23. The third kappa shape index (κ3) is 6.08. The molecule has 4 heteroatoms. The van der Waals surface area contributed by atoms with Crippen LogP contribution in [0, 0.1) is 11.8 Å². The number of hydrogen-bond donors (Lipinski definition) is 0. The summed E-state index contributed by atoms with van der Waals surface area (Å²) in [6.45, 7) is 7.89. The Morgan fingerprint density at radius 1 is 1.15 bits per heavy atom. The number of allylic oxidation sites excluding steroid dienone is 1. The molecule has 0 aliphatic heterocycles. The fourth-order valence-corrected chi connectivity index (χ4v) is 3.35. The van der Waals surface area contributed by atoms with Crippen molar-refractivity contribution >= 4 is 11.8 Å². The zero-order chi connectivity index (χ0) is 19.2. The third-order valence-corrected chi connectivity index (χ3v) is 4.87. The molecule has 1 aromatic rings. The minimum absolute atomic E-state index is 0.366. The molecule has 0 N–H and O–H groups in total. The average molecular weight is 360 g/mol. The molecule has 0 heterocycles. The molecular weight excluding hydrogens is 326 g/mol. The van der Waals surface area contributed by atoms with Crippen molar-refractivity contribution in [1.29, 1.82) is 0 Å². The molecule has 1 aromatic carbocycles. The van der Waals surface area contributed by atoms with Crippen LogP contribution < -0.4 is 9.64 Å². The first-order valence-corrected chi connectivity index (χ1v) is 9.65. The number of anilines is 1. The summed E-state index contributed by atoms with van der Waals surface area (Å²) in [7, 11) is 1.63. The van der Waals surface area contributed by atoms with E-state index in [1.165, 1.54) is 32.1 Å². The van der Waals surface area contributed by atoms with Gasteiger partial charge in [0.2, 0.25) is 0 Å². The Balaban J connectivity index is 2.18. The number of amides is 1. The van der Waals surface area contributed by atoms with Gasteiger partial charge in [-0.25, -0.2) is 4.79 Å². The minimum atomic E-state index is -0.537. The molecule has 1 aliphatic carbocycles. The van der Waals surface area contributed by atoms with Gasteiger partial charge in [-0.1, -0.05) is 32.3 Å². The number of ether oxygens (including phenoxy) is 2. The van der Waals surface area contributed by atoms with Gasteiger partial charge in [0.1, 0.15) is 11.4 Å². The van der Waals surface area contributed by atoms with Crippen LogP contribution in [0.5, 0.6) is 5.75 Å². The van der Waals surface area contributed by atoms with Gasteiger partial charge in [0, 0.05) is 6.20 Å². The van der Waals surface area contributed by atoms with E-state index in [0.717, 1.165) is 11.4 Å². The first kappa shape index (κ1) is 20.3. The lowest BCUT2D eigenvalue weighted by molar-refractivity contribution is 0.0596. The predicted octanol–water partition coefficient (Wildman–Crippen LogP) is 6.17. The minimum Gasteiger partial charge on any atom is -0.497 e. The van der Waals surface area contributed by atoms with E-state index in [2.05, 4.69) is 13.0 Å². The summed E-state index contributed by atoms with van der Waals surface area (Å²) in [5.41, 5.74) is 0.233. The first-order chi connectivity index (χ1) is 12.3. The van der Waals surface area contributed by atoms with Crippen LogP contribution in [0.4, 0.5) is 10.5 Å². The van der Waals surface area contributed by atoms with Crippen LogP contribution in [0.1, 0.15) is 59.8 Å². The van der Waals surface area contributed by atoms with Crippen LogP contribution in [-0.4, -0.2) is 18.8 Å². The molecular formula is C22H33NO3. The number of hydrogen-bond acceptors (Lipinski definition) is 3. The number of rotatable bonds is 5. The summed E-state index contributed by atoms with van der Waals surface area (Å²) in [6, 6.07) is 7.45. The number of carbonyl (C=O) groups is 1. The monoisotopic (exact) mass is 359 g/mol. The zero-order valence-electron chi connectivity index (χ0n) is 16.8. The van der Waals surface area contributed by atoms with E-state index in [0.29, 0.717) is 11.8 Å². The van der Waals surface area contributed by atoms with Crippen LogP contribution >= 0.6 is 0 Å². The van der Waals surface area contributed by atoms with Crippen molar-refractivity contribution in [2.75, 3.05) is 12.0 Å². The summed E-state index contributed by atoms with van der Waals surface area (Å²) in [5, 5.41) is 0. The first-order valence-electron chi connectivity index (χ1n) is 9.65. The lowest BCUT2D eigenvalue weighted by atomic mass is 9.81. The van der Waals surface area contributed by atoms with Gasteiger partial charge in [0.05, 0.1) is 12.8 Å². The summed E-state index contributed by atoms with van der Waals surface area (Å²) >= 11 is 0. The van der Waals surface area contributed by atoms with Crippen molar-refractivity contribution in [3.05, 3.63) is 36.5 Å². The molecule has 1 amide bonds. The Labute approximate surface area is 158 Å². The largest absolute Gasteiger partial charge is 0.497 e. The van der Waals surface area contributed by atoms with E-state index < -0.39 is 5.60 Å². The van der Waals surface area contributed by atoms with Crippen LogP contribution in [0.3, 0.4) is 0 Å². The quantitative estimate of drug-likeness (QED) is 0.631. The van der Waals surface area contributed by atoms with E-state index >= 15 is 0 Å². The summed E-state index contributed by atoms with van der Waals surface area (Å²) in [6.07, 6.45) is 10.2. The van der Waals surface area contributed by atoms with E-state index in [4.69, 9.17) is 9.47 Å². The molecule has 26 heavy (non-hydrogen) atoms. The molecule has 0 unspecified atom stereocenters. The predicted molar refractivity (Wildman–Crippen MR) is 107 cm³/mol. The molecule has 0 radical (unpaired) electrons. The summed E-state index contributed by atoms with van der Waals surface area (Å²) in [5.74, 6) is 1.91. The number of benzene rings is 1. The van der Waals surface area contributed by atoms with Gasteiger partial charge in [0.15, 0.2) is 0 Å². The molecule has 2 rings (SSSR count). The standard InChI is InChI=1S/C22H33NO3/c1-17(18-9-7-6-8-10-18)15-16-23(21(24)26-22(2,3)4)19-11-13-20(25-5)14-12-19/h11-18H,6-10H2,1-5H3/b16-15-/t17-/m0/s1. The Hall–Kier alpha value is -1.97. The molecule has 0 spiro atoms. The second-order valence-electron chi connectivity index (χ2n) is 8.15. The molecule has 1 fully saturated rings. The van der Waals surface area contributed by atoms with Gasteiger partial charge in [-0.05, 0) is 69.7 Å². The van der Waals surface area contributed by atoms with Crippen molar-refractivity contribution in [1.82, 2.24) is 0 Å². The number of carbonyl (C=O) groups excluding carboxylic acids is 1. The molecule has 0 aromatic heterocycles. The average Bonchev–Trinajstić information content (AvgIpc) is 2.61. The maximum Gasteiger partial charge on any atom is 0.418 e. The van der Waals surface area contributed by atoms with Gasteiger partial charge in [-0.15, -0.1) is 0 Å². The topological polar surface area (TPSA) is 38.8 Å². The second kappa shape index (κ2) is 9.11. The maximum atomic E-state index is 12.7. The Morgan fingerprint density at radius 3 is 2.31 bits per heavy atom. The Morgan fingerprint density at radius 2 is 1.77 bits per heavy atom. The molecule has 4 nitrogen and oxygen atoms in total. The molecule has 1 atom stereocenters. The van der Waals surface area contributed by atoms with Crippen LogP contribution in [-0.2, 0) is 4.74 Å². The number of nitrogens with zero attached hydrogens (tertiary/aromatic N) is 1. The summed E-state index contributed by atoms with van der Waals surface area (Å²) in [4.78, 5) is 14.3. The SMILES string of the molecule is COc1ccc(N(/C=C\[C@H](C)C2CCCCC2)C(=O)OC(C)(C)C)cc1. The summed E-state index contributed by atoms with van der Waals surface area (Å²) < 4.78 is 10.8. The van der Waals surface area contributed by atoms with Crippen LogP contribution in [0.15, 0.2) is 36.5 Å². The highest BCUT2D eigenvalue weighted by molar-refractivity contribution is 5.89. The highest BCUT2D eigenvalue weighted by atomic mass is 16.6. The van der Waals surface area contributed by atoms with Crippen molar-refractivity contribution in [3.63, 3.8) is 0 Å². The van der Waals surface area contributed by atoms with Crippen LogP contribution in [0.2, 0.25) is 0 Å². The van der Waals surface area contributed by atoms with Gasteiger partial charge >= 0.3 is 6.09 Å². The highest BCUT2D eigenvalue weighted by Crippen LogP contribution is 2.31. The maximum absolute atomic E-state index is 12.7. The van der Waals surface area contributed by atoms with E-state index in [1.807, 2.05) is 51.2 Å². The molecule has 144 valence electrons. The molecule has 1 saturated carbocycles. The second-order valence-corrected chi connectivity index (χ2v) is 8.15. The Kier molecular flexibility index (Phi) is 7.13. The Bertz CT molecular complexity index is 595. The van der Waals surface area contributed by atoms with Crippen molar-refractivity contribution in [3.8, 4) is 5.75 Å². The normalized spacial score (nSPS) is 17.1. The third-order valence-electron chi connectivity index (χ3n) is 4.87. The zero-order valence-corrected chi connectivity index (χ0v) is 16.8. The fourth-order valence-electron chi connectivity index (χ4n) is 3.35. The van der Waals surface area contributed by atoms with E-state index in [9.17, 15) is 4.79 Å². The van der Waals surface area contributed by atoms with Gasteiger partial charge in [-0.2, -0.15) is 0 Å². The number of methoxy groups -OCH3 is 1. The van der Waals surface area contributed by atoms with Crippen molar-refractivity contribution < 1.29 is 14.3 Å². The van der Waals surface area contributed by atoms with Gasteiger partial charge < -0.3 is 9.47 Å². The lowest BCUT2D eigenvalue weighted by Gasteiger charge is -2.27. The van der Waals surface area contributed by atoms with Crippen molar-refractivity contribution in [2.24, 2.45) is 11.8 Å². The van der Waals surface area contributed by atoms with Gasteiger partial charge in [0.25, 0.3) is 0 Å². The molecule has 0 bridgehead atoms. The van der Waals surface area contributed by atoms with E-state index in [1.54, 1.807) is 12.0 Å². The fraction of sp³-hybridized carbons (Fsp3) is 0.591. The van der Waals surface area contributed by atoms with Gasteiger partial charge in [-0.3, -0.25) is 4.90 Å². The van der Waals surface area contributed by atoms with Crippen LogP contribution in [0.25, 0.3) is 0 Å². The molecule has 1 aliphatic rings. The van der Waals surface area contributed by atoms with E-state index in [-0.39, 0.29) is 6.09 Å². The molecule has 0 saturated heterocycles. The smallest absolute Gasteiger partial charge is 0.418 e. The lowest BCUT2D eigenvalue weighted by Crippen LogP contribution is -2.33.